The molecule has 33 heavy (non-hydrogen) atoms. The number of benzene rings is 2. The highest BCUT2D eigenvalue weighted by atomic mass is 16.5. The van der Waals surface area contributed by atoms with Gasteiger partial charge in [-0.15, -0.1) is 0 Å². The summed E-state index contributed by atoms with van der Waals surface area (Å²) in [6, 6.07) is 18.1. The Labute approximate surface area is 191 Å². The predicted octanol–water partition coefficient (Wildman–Crippen LogP) is 5.30. The molecule has 0 unspecified atom stereocenters. The molecule has 2 aromatic carbocycles. The zero-order valence-electron chi connectivity index (χ0n) is 18.5. The zero-order chi connectivity index (χ0) is 23.0. The summed E-state index contributed by atoms with van der Waals surface area (Å²) in [7, 11) is 0. The number of H-pyrrole nitrogens is 1. The van der Waals surface area contributed by atoms with Crippen molar-refractivity contribution >= 4 is 11.6 Å². The van der Waals surface area contributed by atoms with Crippen LogP contribution in [0.4, 0.5) is 5.69 Å². The van der Waals surface area contributed by atoms with Gasteiger partial charge in [0.15, 0.2) is 23.0 Å². The minimum Gasteiger partial charge on any atom is -0.490 e. The van der Waals surface area contributed by atoms with E-state index >= 15 is 0 Å². The Morgan fingerprint density at radius 2 is 1.76 bits per heavy atom. The highest BCUT2D eigenvalue weighted by Crippen LogP contribution is 2.29. The number of carbonyl (C=O) groups is 1. The fourth-order valence-corrected chi connectivity index (χ4v) is 3.18. The lowest BCUT2D eigenvalue weighted by molar-refractivity contribution is 0.102. The van der Waals surface area contributed by atoms with E-state index in [4.69, 9.17) is 18.6 Å². The van der Waals surface area contributed by atoms with Crippen LogP contribution in [-0.2, 0) is 6.61 Å². The molecule has 2 aromatic heterocycles. The lowest BCUT2D eigenvalue weighted by atomic mass is 10.2. The van der Waals surface area contributed by atoms with Crippen LogP contribution in [0.5, 0.6) is 17.2 Å². The van der Waals surface area contributed by atoms with Gasteiger partial charge in [0, 0.05) is 11.8 Å². The summed E-state index contributed by atoms with van der Waals surface area (Å²) in [5.74, 6) is 2.39. The summed E-state index contributed by atoms with van der Waals surface area (Å²) in [4.78, 5) is 12.5. The molecule has 170 valence electrons. The van der Waals surface area contributed by atoms with Gasteiger partial charge in [-0.25, -0.2) is 0 Å². The summed E-state index contributed by atoms with van der Waals surface area (Å²) in [5.41, 5.74) is 2.50. The Morgan fingerprint density at radius 3 is 2.48 bits per heavy atom. The number of nitrogens with one attached hydrogen (secondary N) is 2. The van der Waals surface area contributed by atoms with Crippen LogP contribution in [0.25, 0.3) is 11.5 Å². The first-order valence-electron chi connectivity index (χ1n) is 10.7. The van der Waals surface area contributed by atoms with Gasteiger partial charge < -0.3 is 23.9 Å². The summed E-state index contributed by atoms with van der Waals surface area (Å²) >= 11 is 0. The Balaban J connectivity index is 1.34. The van der Waals surface area contributed by atoms with Gasteiger partial charge in [-0.1, -0.05) is 6.07 Å². The second-order valence-corrected chi connectivity index (χ2v) is 7.06. The first-order valence-corrected chi connectivity index (χ1v) is 10.7. The number of furan rings is 1. The third-order valence-corrected chi connectivity index (χ3v) is 4.72. The highest BCUT2D eigenvalue weighted by Gasteiger charge is 2.13. The van der Waals surface area contributed by atoms with Gasteiger partial charge in [0.25, 0.3) is 5.91 Å². The average Bonchev–Trinajstić information content (AvgIpc) is 3.53. The molecular formula is C25H25N3O5. The van der Waals surface area contributed by atoms with Crippen molar-refractivity contribution in [2.75, 3.05) is 18.5 Å². The SMILES string of the molecule is CCOc1ccc(COc2ccc(NC(=O)c3cc(-c4ccco4)[nH]n3)cc2)cc1OCC. The topological polar surface area (TPSA) is 98.6 Å². The van der Waals surface area contributed by atoms with Crippen LogP contribution < -0.4 is 19.5 Å². The molecule has 4 rings (SSSR count). The molecule has 0 saturated carbocycles. The molecule has 0 atom stereocenters. The molecule has 2 N–H and O–H groups in total. The van der Waals surface area contributed by atoms with Crippen molar-refractivity contribution in [1.29, 1.82) is 0 Å². The minimum atomic E-state index is -0.324. The quantitative estimate of drug-likeness (QED) is 0.342. The van der Waals surface area contributed by atoms with E-state index in [1.807, 2.05) is 32.0 Å². The maximum atomic E-state index is 12.5. The largest absolute Gasteiger partial charge is 0.490 e. The molecular weight excluding hydrogens is 422 g/mol. The lowest BCUT2D eigenvalue weighted by Crippen LogP contribution is -2.12. The van der Waals surface area contributed by atoms with E-state index in [2.05, 4.69) is 15.5 Å². The molecule has 8 heteroatoms. The number of hydrogen-bond donors (Lipinski definition) is 2. The standard InChI is InChI=1S/C25H25N3O5/c1-3-30-23-12-7-17(14-24(23)31-4-2)16-33-19-10-8-18(9-11-19)26-25(29)21-15-20(27-28-21)22-6-5-13-32-22/h5-15H,3-4,16H2,1-2H3,(H,26,29)(H,27,28). The van der Waals surface area contributed by atoms with Crippen LogP contribution in [0.15, 0.2) is 71.3 Å². The van der Waals surface area contributed by atoms with E-state index < -0.39 is 0 Å². The molecule has 0 aliphatic rings. The fourth-order valence-electron chi connectivity index (χ4n) is 3.18. The van der Waals surface area contributed by atoms with Gasteiger partial charge >= 0.3 is 0 Å². The van der Waals surface area contributed by atoms with Crippen molar-refractivity contribution in [2.24, 2.45) is 0 Å². The van der Waals surface area contributed by atoms with E-state index in [9.17, 15) is 4.79 Å². The van der Waals surface area contributed by atoms with Gasteiger partial charge in [-0.3, -0.25) is 9.89 Å². The number of hydrogen-bond acceptors (Lipinski definition) is 6. The van der Waals surface area contributed by atoms with E-state index in [-0.39, 0.29) is 11.6 Å². The lowest BCUT2D eigenvalue weighted by Gasteiger charge is -2.13. The van der Waals surface area contributed by atoms with Crippen molar-refractivity contribution in [3.05, 3.63) is 78.2 Å². The maximum Gasteiger partial charge on any atom is 0.276 e. The molecule has 0 aliphatic carbocycles. The second-order valence-electron chi connectivity index (χ2n) is 7.06. The van der Waals surface area contributed by atoms with Crippen LogP contribution in [-0.4, -0.2) is 29.3 Å². The molecule has 0 aliphatic heterocycles. The number of nitrogens with zero attached hydrogens (tertiary/aromatic N) is 1. The van der Waals surface area contributed by atoms with E-state index in [0.717, 1.165) is 11.3 Å². The fraction of sp³-hybridized carbons (Fsp3) is 0.200. The first kappa shape index (κ1) is 22.0. The second kappa shape index (κ2) is 10.4. The van der Waals surface area contributed by atoms with Gasteiger partial charge in [0.1, 0.15) is 18.1 Å². The molecule has 1 amide bonds. The van der Waals surface area contributed by atoms with E-state index in [0.29, 0.717) is 48.5 Å². The minimum absolute atomic E-state index is 0.266. The zero-order valence-corrected chi connectivity index (χ0v) is 18.5. The Hall–Kier alpha value is -4.20. The summed E-state index contributed by atoms with van der Waals surface area (Å²) < 4.78 is 22.4. The van der Waals surface area contributed by atoms with Crippen molar-refractivity contribution in [1.82, 2.24) is 10.2 Å². The van der Waals surface area contributed by atoms with Crippen LogP contribution >= 0.6 is 0 Å². The summed E-state index contributed by atoms with van der Waals surface area (Å²) in [5, 5.41) is 9.66. The van der Waals surface area contributed by atoms with Gasteiger partial charge in [-0.2, -0.15) is 5.10 Å². The third kappa shape index (κ3) is 5.54. The van der Waals surface area contributed by atoms with Crippen LogP contribution in [0, 0.1) is 0 Å². The molecule has 8 nitrogen and oxygen atoms in total. The van der Waals surface area contributed by atoms with Gasteiger partial charge in [0.05, 0.1) is 19.5 Å². The monoisotopic (exact) mass is 447 g/mol. The normalized spacial score (nSPS) is 10.6. The molecule has 0 spiro atoms. The van der Waals surface area contributed by atoms with E-state index in [1.54, 1.807) is 48.7 Å². The van der Waals surface area contributed by atoms with Crippen molar-refractivity contribution < 1.29 is 23.4 Å². The molecule has 0 bridgehead atoms. The number of amides is 1. The number of ether oxygens (including phenoxy) is 3. The number of aromatic amines is 1. The van der Waals surface area contributed by atoms with Crippen molar-refractivity contribution in [3.63, 3.8) is 0 Å². The van der Waals surface area contributed by atoms with Crippen LogP contribution in [0.2, 0.25) is 0 Å². The van der Waals surface area contributed by atoms with E-state index in [1.165, 1.54) is 0 Å². The summed E-state index contributed by atoms with van der Waals surface area (Å²) in [6.07, 6.45) is 1.56. The number of rotatable bonds is 10. The number of carbonyl (C=O) groups excluding carboxylic acids is 1. The number of aromatic nitrogens is 2. The molecule has 0 radical (unpaired) electrons. The van der Waals surface area contributed by atoms with Gasteiger partial charge in [0.2, 0.25) is 0 Å². The Bertz CT molecular complexity index is 1180. The van der Waals surface area contributed by atoms with Crippen LogP contribution in [0.1, 0.15) is 29.9 Å². The number of anilines is 1. The predicted molar refractivity (Wildman–Crippen MR) is 124 cm³/mol. The van der Waals surface area contributed by atoms with Crippen LogP contribution in [0.3, 0.4) is 0 Å². The van der Waals surface area contributed by atoms with Gasteiger partial charge in [-0.05, 0) is 67.9 Å². The molecule has 0 fully saturated rings. The molecule has 4 aromatic rings. The maximum absolute atomic E-state index is 12.5. The van der Waals surface area contributed by atoms with Crippen molar-refractivity contribution in [2.45, 2.75) is 20.5 Å². The van der Waals surface area contributed by atoms with Crippen molar-refractivity contribution in [3.8, 4) is 28.7 Å². The molecule has 2 heterocycles. The Morgan fingerprint density at radius 1 is 0.970 bits per heavy atom. The highest BCUT2D eigenvalue weighted by molar-refractivity contribution is 6.03. The molecule has 0 saturated heterocycles. The Kier molecular flexibility index (Phi) is 6.94. The summed E-state index contributed by atoms with van der Waals surface area (Å²) in [6.45, 7) is 5.38. The smallest absolute Gasteiger partial charge is 0.276 e. The third-order valence-electron chi connectivity index (χ3n) is 4.72. The first-order chi connectivity index (χ1) is 16.2. The average molecular weight is 447 g/mol.